The van der Waals surface area contributed by atoms with Gasteiger partial charge in [-0.1, -0.05) is 42.5 Å². The molecular weight excluding hydrogens is 296 g/mol. The largest absolute Gasteiger partial charge is 0.364 e. The van der Waals surface area contributed by atoms with E-state index in [2.05, 4.69) is 58.3 Å². The van der Waals surface area contributed by atoms with Crippen LogP contribution in [0.3, 0.4) is 0 Å². The van der Waals surface area contributed by atoms with Gasteiger partial charge in [0.15, 0.2) is 0 Å². The molecule has 3 nitrogen and oxygen atoms in total. The number of benzene rings is 2. The van der Waals surface area contributed by atoms with Gasteiger partial charge in [-0.2, -0.15) is 0 Å². The molecule has 0 radical (unpaired) electrons. The van der Waals surface area contributed by atoms with Gasteiger partial charge in [0.05, 0.1) is 12.1 Å². The number of likely N-dealkylation sites (tertiary alicyclic amines) is 1. The maximum Gasteiger partial charge on any atom is 0.223 e. The molecule has 2 aromatic carbocycles. The molecule has 122 valence electrons. The van der Waals surface area contributed by atoms with Gasteiger partial charge in [0.2, 0.25) is 5.91 Å². The number of amides is 1. The molecule has 1 amide bonds. The standard InChI is InChI=1S/C21H22N2O/c24-21-10-5-12-23(21)20-14-19-16-7-2-1-6-15(16)11-13-22(19)18-9-4-3-8-17(18)20/h1-4,6-9,19-20H,5,10-14H2/t19-,20-/m0/s1. The minimum absolute atomic E-state index is 0.226. The maximum absolute atomic E-state index is 12.4. The van der Waals surface area contributed by atoms with Gasteiger partial charge in [-0.25, -0.2) is 0 Å². The van der Waals surface area contributed by atoms with Gasteiger partial charge >= 0.3 is 0 Å². The summed E-state index contributed by atoms with van der Waals surface area (Å²) >= 11 is 0. The molecular formula is C21H22N2O. The van der Waals surface area contributed by atoms with E-state index in [-0.39, 0.29) is 6.04 Å². The lowest BCUT2D eigenvalue weighted by atomic mass is 9.82. The van der Waals surface area contributed by atoms with E-state index in [9.17, 15) is 4.79 Å². The molecule has 24 heavy (non-hydrogen) atoms. The van der Waals surface area contributed by atoms with E-state index < -0.39 is 0 Å². The van der Waals surface area contributed by atoms with E-state index in [1.54, 1.807) is 0 Å². The van der Waals surface area contributed by atoms with Gasteiger partial charge < -0.3 is 9.80 Å². The van der Waals surface area contributed by atoms with E-state index in [4.69, 9.17) is 0 Å². The van der Waals surface area contributed by atoms with Crippen molar-refractivity contribution < 1.29 is 4.79 Å². The first-order valence-corrected chi connectivity index (χ1v) is 9.06. The maximum atomic E-state index is 12.4. The molecule has 5 rings (SSSR count). The Bertz CT molecular complexity index is 800. The number of hydrogen-bond donors (Lipinski definition) is 0. The normalized spacial score (nSPS) is 25.2. The second kappa shape index (κ2) is 5.37. The Balaban J connectivity index is 1.63. The van der Waals surface area contributed by atoms with E-state index in [0.29, 0.717) is 18.4 Å². The third-order valence-corrected chi connectivity index (χ3v) is 5.95. The van der Waals surface area contributed by atoms with Crippen LogP contribution in [0.2, 0.25) is 0 Å². The van der Waals surface area contributed by atoms with Crippen molar-refractivity contribution in [3.8, 4) is 0 Å². The van der Waals surface area contributed by atoms with Gasteiger partial charge in [-0.3, -0.25) is 4.79 Å². The zero-order valence-corrected chi connectivity index (χ0v) is 13.8. The third-order valence-electron chi connectivity index (χ3n) is 5.95. The van der Waals surface area contributed by atoms with Crippen molar-refractivity contribution in [2.24, 2.45) is 0 Å². The molecule has 0 aliphatic carbocycles. The molecule has 0 aromatic heterocycles. The number of para-hydroxylation sites is 1. The highest BCUT2D eigenvalue weighted by atomic mass is 16.2. The molecule has 3 aliphatic rings. The Kier molecular flexibility index (Phi) is 3.15. The van der Waals surface area contributed by atoms with Crippen LogP contribution in [0.5, 0.6) is 0 Å². The summed E-state index contributed by atoms with van der Waals surface area (Å²) in [6.45, 7) is 1.98. The monoisotopic (exact) mass is 318 g/mol. The van der Waals surface area contributed by atoms with Gasteiger partial charge in [0.25, 0.3) is 0 Å². The summed E-state index contributed by atoms with van der Waals surface area (Å²) in [7, 11) is 0. The number of carbonyl (C=O) groups is 1. The highest BCUT2D eigenvalue weighted by Crippen LogP contribution is 2.49. The Morgan fingerprint density at radius 2 is 1.54 bits per heavy atom. The molecule has 1 fully saturated rings. The predicted octanol–water partition coefficient (Wildman–Crippen LogP) is 3.86. The second-order valence-corrected chi connectivity index (χ2v) is 7.16. The summed E-state index contributed by atoms with van der Waals surface area (Å²) in [5, 5.41) is 0. The summed E-state index contributed by atoms with van der Waals surface area (Å²) in [6.07, 6.45) is 3.83. The van der Waals surface area contributed by atoms with Crippen LogP contribution in [0.4, 0.5) is 5.69 Å². The first kappa shape index (κ1) is 14.1. The highest BCUT2D eigenvalue weighted by Gasteiger charge is 2.40. The highest BCUT2D eigenvalue weighted by molar-refractivity contribution is 5.79. The Morgan fingerprint density at radius 3 is 2.38 bits per heavy atom. The summed E-state index contributed by atoms with van der Waals surface area (Å²) < 4.78 is 0. The number of anilines is 1. The van der Waals surface area contributed by atoms with Crippen molar-refractivity contribution in [3.63, 3.8) is 0 Å². The fraction of sp³-hybridized carbons (Fsp3) is 0.381. The average Bonchev–Trinajstić information content (AvgIpc) is 3.06. The Morgan fingerprint density at radius 1 is 0.792 bits per heavy atom. The summed E-state index contributed by atoms with van der Waals surface area (Å²) in [4.78, 5) is 17.1. The van der Waals surface area contributed by atoms with Gasteiger partial charge in [-0.05, 0) is 42.0 Å². The van der Waals surface area contributed by atoms with Gasteiger partial charge in [0, 0.05) is 25.2 Å². The Labute approximate surface area is 142 Å². The molecule has 2 atom stereocenters. The fourth-order valence-electron chi connectivity index (χ4n) is 4.86. The number of fused-ring (bicyclic) bond motifs is 5. The molecule has 0 spiro atoms. The zero-order valence-electron chi connectivity index (χ0n) is 13.8. The van der Waals surface area contributed by atoms with Crippen molar-refractivity contribution in [2.75, 3.05) is 18.0 Å². The SMILES string of the molecule is O=C1CCCN1[C@H]1C[C@H]2c3ccccc3CCN2c2ccccc21. The molecule has 3 heteroatoms. The molecule has 1 saturated heterocycles. The van der Waals surface area contributed by atoms with Crippen molar-refractivity contribution in [1.82, 2.24) is 4.90 Å². The summed E-state index contributed by atoms with van der Waals surface area (Å²) in [5.41, 5.74) is 5.59. The first-order chi connectivity index (χ1) is 11.8. The van der Waals surface area contributed by atoms with E-state index >= 15 is 0 Å². The van der Waals surface area contributed by atoms with Crippen LogP contribution in [0, 0.1) is 0 Å². The molecule has 3 aliphatic heterocycles. The van der Waals surface area contributed by atoms with Gasteiger partial charge in [0.1, 0.15) is 0 Å². The fourth-order valence-corrected chi connectivity index (χ4v) is 4.86. The van der Waals surface area contributed by atoms with Crippen molar-refractivity contribution in [2.45, 2.75) is 37.8 Å². The molecule has 2 aromatic rings. The smallest absolute Gasteiger partial charge is 0.223 e. The van der Waals surface area contributed by atoms with Crippen LogP contribution in [-0.4, -0.2) is 23.9 Å². The minimum atomic E-state index is 0.226. The Hall–Kier alpha value is -2.29. The first-order valence-electron chi connectivity index (χ1n) is 9.06. The lowest BCUT2D eigenvalue weighted by Gasteiger charge is -2.47. The van der Waals surface area contributed by atoms with E-state index in [1.165, 1.54) is 22.4 Å². The number of rotatable bonds is 1. The minimum Gasteiger partial charge on any atom is -0.364 e. The predicted molar refractivity (Wildman–Crippen MR) is 95.0 cm³/mol. The van der Waals surface area contributed by atoms with Crippen LogP contribution in [-0.2, 0) is 11.2 Å². The second-order valence-electron chi connectivity index (χ2n) is 7.16. The van der Waals surface area contributed by atoms with Crippen molar-refractivity contribution >= 4 is 11.6 Å². The average molecular weight is 318 g/mol. The number of carbonyl (C=O) groups excluding carboxylic acids is 1. The molecule has 0 bridgehead atoms. The van der Waals surface area contributed by atoms with Crippen molar-refractivity contribution in [3.05, 3.63) is 65.2 Å². The van der Waals surface area contributed by atoms with Crippen LogP contribution in [0.25, 0.3) is 0 Å². The number of hydrogen-bond acceptors (Lipinski definition) is 2. The van der Waals surface area contributed by atoms with Crippen LogP contribution >= 0.6 is 0 Å². The van der Waals surface area contributed by atoms with Crippen LogP contribution in [0.15, 0.2) is 48.5 Å². The van der Waals surface area contributed by atoms with Gasteiger partial charge in [-0.15, -0.1) is 0 Å². The topological polar surface area (TPSA) is 23.6 Å². The third kappa shape index (κ3) is 2.00. The molecule has 0 unspecified atom stereocenters. The van der Waals surface area contributed by atoms with Crippen molar-refractivity contribution in [1.29, 1.82) is 0 Å². The molecule has 0 N–H and O–H groups in total. The lowest BCUT2D eigenvalue weighted by Crippen LogP contribution is -2.43. The number of nitrogens with zero attached hydrogens (tertiary/aromatic N) is 2. The summed E-state index contributed by atoms with van der Waals surface area (Å²) in [5.74, 6) is 0.326. The lowest BCUT2D eigenvalue weighted by molar-refractivity contribution is -0.130. The van der Waals surface area contributed by atoms with Crippen LogP contribution in [0.1, 0.15) is 48.0 Å². The van der Waals surface area contributed by atoms with E-state index in [0.717, 1.165) is 32.4 Å². The zero-order chi connectivity index (χ0) is 16.1. The molecule has 3 heterocycles. The summed E-state index contributed by atoms with van der Waals surface area (Å²) in [6, 6.07) is 18.2. The quantitative estimate of drug-likeness (QED) is 0.797. The van der Waals surface area contributed by atoms with E-state index in [1.807, 2.05) is 0 Å². The molecule has 0 saturated carbocycles. The van der Waals surface area contributed by atoms with Crippen LogP contribution < -0.4 is 4.90 Å².